The van der Waals surface area contributed by atoms with Gasteiger partial charge in [-0.3, -0.25) is 4.21 Å². The Morgan fingerprint density at radius 2 is 1.85 bits per heavy atom. The minimum Gasteiger partial charge on any atom is -0.399 e. The Morgan fingerprint density at radius 3 is 2.30 bits per heavy atom. The molecule has 0 aliphatic carbocycles. The van der Waals surface area contributed by atoms with Gasteiger partial charge in [0.1, 0.15) is 4.90 Å². The molecule has 0 saturated carbocycles. The lowest BCUT2D eigenvalue weighted by atomic mass is 10.3. The standard InChI is InChI=1S/C11H16Cl2N2O3S2/c1-7(19(2)16)3-4-15-20(17,18)11-9(12)5-8(14)6-10(11)13/h5-7,15H,3-4,14H2,1-2H3. The Labute approximate surface area is 131 Å². The fourth-order valence-electron chi connectivity index (χ4n) is 1.47. The number of nitrogens with two attached hydrogens (primary N) is 1. The summed E-state index contributed by atoms with van der Waals surface area (Å²) in [7, 11) is -4.83. The molecule has 0 bridgehead atoms. The van der Waals surface area contributed by atoms with Crippen LogP contribution in [0.25, 0.3) is 0 Å². The lowest BCUT2D eigenvalue weighted by Gasteiger charge is -2.12. The summed E-state index contributed by atoms with van der Waals surface area (Å²) in [6.45, 7) is 1.94. The summed E-state index contributed by atoms with van der Waals surface area (Å²) in [4.78, 5) is -0.194. The van der Waals surface area contributed by atoms with Crippen molar-refractivity contribution in [1.29, 1.82) is 0 Å². The average molecular weight is 359 g/mol. The highest BCUT2D eigenvalue weighted by atomic mass is 35.5. The van der Waals surface area contributed by atoms with Crippen LogP contribution in [-0.2, 0) is 20.8 Å². The van der Waals surface area contributed by atoms with Crippen molar-refractivity contribution in [3.63, 3.8) is 0 Å². The summed E-state index contributed by atoms with van der Waals surface area (Å²) in [5, 5.41) is -0.167. The molecule has 0 aliphatic rings. The quantitative estimate of drug-likeness (QED) is 0.761. The molecule has 2 atom stereocenters. The number of hydrogen-bond acceptors (Lipinski definition) is 4. The fraction of sp³-hybridized carbons (Fsp3) is 0.455. The van der Waals surface area contributed by atoms with Crippen LogP contribution in [0.5, 0.6) is 0 Å². The SMILES string of the molecule is CC(CCNS(=O)(=O)c1c(Cl)cc(N)cc1Cl)S(C)=O. The van der Waals surface area contributed by atoms with Crippen LogP contribution in [0.15, 0.2) is 17.0 Å². The molecule has 0 fully saturated rings. The van der Waals surface area contributed by atoms with Crippen molar-refractivity contribution in [2.45, 2.75) is 23.5 Å². The van der Waals surface area contributed by atoms with Crippen molar-refractivity contribution in [2.24, 2.45) is 0 Å². The van der Waals surface area contributed by atoms with E-state index in [9.17, 15) is 12.6 Å². The molecule has 9 heteroatoms. The van der Waals surface area contributed by atoms with Crippen LogP contribution in [0.1, 0.15) is 13.3 Å². The summed E-state index contributed by atoms with van der Waals surface area (Å²) in [5.41, 5.74) is 5.81. The predicted molar refractivity (Wildman–Crippen MR) is 84.2 cm³/mol. The van der Waals surface area contributed by atoms with Crippen molar-refractivity contribution in [2.75, 3.05) is 18.5 Å². The van der Waals surface area contributed by atoms with Gasteiger partial charge in [0.2, 0.25) is 10.0 Å². The van der Waals surface area contributed by atoms with E-state index in [2.05, 4.69) is 4.72 Å². The zero-order chi connectivity index (χ0) is 15.5. The number of sulfonamides is 1. The van der Waals surface area contributed by atoms with Gasteiger partial charge in [-0.05, 0) is 18.6 Å². The second-order valence-corrected chi connectivity index (χ2v) is 8.63. The van der Waals surface area contributed by atoms with Gasteiger partial charge in [-0.25, -0.2) is 13.1 Å². The molecular formula is C11H16Cl2N2O3S2. The Bertz CT molecular complexity index is 597. The van der Waals surface area contributed by atoms with Crippen LogP contribution >= 0.6 is 23.2 Å². The highest BCUT2D eigenvalue weighted by Crippen LogP contribution is 2.31. The molecule has 20 heavy (non-hydrogen) atoms. The first kappa shape index (κ1) is 17.7. The zero-order valence-electron chi connectivity index (χ0n) is 11.0. The Balaban J connectivity index is 2.88. The summed E-state index contributed by atoms with van der Waals surface area (Å²) in [6.07, 6.45) is 2.03. The first-order chi connectivity index (χ1) is 9.15. The van der Waals surface area contributed by atoms with Crippen LogP contribution in [0.3, 0.4) is 0 Å². The Morgan fingerprint density at radius 1 is 1.35 bits per heavy atom. The number of hydrogen-bond donors (Lipinski definition) is 2. The monoisotopic (exact) mass is 358 g/mol. The maximum absolute atomic E-state index is 12.1. The van der Waals surface area contributed by atoms with E-state index >= 15 is 0 Å². The van der Waals surface area contributed by atoms with Gasteiger partial charge in [0.25, 0.3) is 0 Å². The first-order valence-electron chi connectivity index (χ1n) is 5.71. The lowest BCUT2D eigenvalue weighted by Crippen LogP contribution is -2.28. The van der Waals surface area contributed by atoms with E-state index in [1.54, 1.807) is 13.2 Å². The van der Waals surface area contributed by atoms with Crippen LogP contribution in [0.2, 0.25) is 10.0 Å². The van der Waals surface area contributed by atoms with Gasteiger partial charge in [0.05, 0.1) is 10.0 Å². The highest BCUT2D eigenvalue weighted by molar-refractivity contribution is 7.89. The molecule has 0 aromatic heterocycles. The molecule has 1 rings (SSSR count). The van der Waals surface area contributed by atoms with Crippen molar-refractivity contribution >= 4 is 49.7 Å². The minimum atomic E-state index is -3.83. The lowest BCUT2D eigenvalue weighted by molar-refractivity contribution is 0.578. The van der Waals surface area contributed by atoms with Crippen molar-refractivity contribution < 1.29 is 12.6 Å². The Hall–Kier alpha value is -0.340. The molecule has 114 valence electrons. The molecule has 1 aromatic rings. The highest BCUT2D eigenvalue weighted by Gasteiger charge is 2.22. The second-order valence-electron chi connectivity index (χ2n) is 4.31. The molecule has 0 heterocycles. The predicted octanol–water partition coefficient (Wildman–Crippen LogP) is 2.01. The first-order valence-corrected chi connectivity index (χ1v) is 9.57. The smallest absolute Gasteiger partial charge is 0.243 e. The van der Waals surface area contributed by atoms with Crippen LogP contribution in [0, 0.1) is 0 Å². The largest absolute Gasteiger partial charge is 0.399 e. The van der Waals surface area contributed by atoms with E-state index in [4.69, 9.17) is 28.9 Å². The van der Waals surface area contributed by atoms with E-state index in [1.165, 1.54) is 12.1 Å². The molecule has 5 nitrogen and oxygen atoms in total. The van der Waals surface area contributed by atoms with Gasteiger partial charge in [0.15, 0.2) is 0 Å². The van der Waals surface area contributed by atoms with Gasteiger partial charge in [0, 0.05) is 34.5 Å². The number of nitrogens with one attached hydrogen (secondary N) is 1. The molecule has 2 unspecified atom stereocenters. The molecule has 3 N–H and O–H groups in total. The Kier molecular flexibility index (Phi) is 6.27. The number of nitrogen functional groups attached to an aromatic ring is 1. The third kappa shape index (κ3) is 4.60. The third-order valence-corrected chi connectivity index (χ3v) is 6.45. The molecule has 0 amide bonds. The second kappa shape index (κ2) is 7.09. The van der Waals surface area contributed by atoms with Crippen LogP contribution in [0.4, 0.5) is 5.69 Å². The summed E-state index contributed by atoms with van der Waals surface area (Å²) < 4.78 is 37.9. The van der Waals surface area contributed by atoms with E-state index in [-0.39, 0.29) is 32.4 Å². The van der Waals surface area contributed by atoms with Gasteiger partial charge < -0.3 is 5.73 Å². The molecule has 0 radical (unpaired) electrons. The fourth-order valence-corrected chi connectivity index (χ4v) is 4.20. The van der Waals surface area contributed by atoms with E-state index in [0.29, 0.717) is 6.42 Å². The summed E-state index contributed by atoms with van der Waals surface area (Å²) in [6, 6.07) is 2.65. The zero-order valence-corrected chi connectivity index (χ0v) is 14.2. The van der Waals surface area contributed by atoms with Gasteiger partial charge in [-0.2, -0.15) is 0 Å². The molecule has 0 spiro atoms. The van der Waals surface area contributed by atoms with Gasteiger partial charge in [-0.1, -0.05) is 30.1 Å². The average Bonchev–Trinajstić information content (AvgIpc) is 2.26. The normalized spacial score (nSPS) is 15.0. The number of halogens is 2. The van der Waals surface area contributed by atoms with Gasteiger partial charge >= 0.3 is 0 Å². The van der Waals surface area contributed by atoms with E-state index in [0.717, 1.165) is 0 Å². The third-order valence-electron chi connectivity index (χ3n) is 2.70. The van der Waals surface area contributed by atoms with Crippen LogP contribution in [-0.4, -0.2) is 30.7 Å². The van der Waals surface area contributed by atoms with Gasteiger partial charge in [-0.15, -0.1) is 0 Å². The minimum absolute atomic E-state index is 0.0328. The van der Waals surface area contributed by atoms with E-state index < -0.39 is 20.8 Å². The number of anilines is 1. The van der Waals surface area contributed by atoms with Crippen molar-refractivity contribution in [1.82, 2.24) is 4.72 Å². The number of rotatable bonds is 6. The topological polar surface area (TPSA) is 89.3 Å². The van der Waals surface area contributed by atoms with Crippen molar-refractivity contribution in [3.05, 3.63) is 22.2 Å². The number of benzene rings is 1. The molecule has 1 aromatic carbocycles. The molecule has 0 saturated heterocycles. The molecular weight excluding hydrogens is 343 g/mol. The van der Waals surface area contributed by atoms with E-state index in [1.807, 2.05) is 0 Å². The summed E-state index contributed by atoms with van der Waals surface area (Å²) in [5.74, 6) is 0. The van der Waals surface area contributed by atoms with Crippen LogP contribution < -0.4 is 10.5 Å². The maximum Gasteiger partial charge on any atom is 0.243 e. The van der Waals surface area contributed by atoms with Crippen molar-refractivity contribution in [3.8, 4) is 0 Å². The summed E-state index contributed by atoms with van der Waals surface area (Å²) >= 11 is 11.8. The maximum atomic E-state index is 12.1. The molecule has 0 aliphatic heterocycles.